The molecule has 0 spiro atoms. The van der Waals surface area contributed by atoms with Crippen molar-refractivity contribution in [3.8, 4) is 0 Å². The van der Waals surface area contributed by atoms with E-state index in [4.69, 9.17) is 22.2 Å². The molecule has 0 unspecified atom stereocenters. The van der Waals surface area contributed by atoms with Gasteiger partial charge >= 0.3 is 0 Å². The average Bonchev–Trinajstić information content (AvgIpc) is 2.78. The van der Waals surface area contributed by atoms with Crippen LogP contribution in [0, 0.1) is 5.41 Å². The second kappa shape index (κ2) is 5.40. The fourth-order valence-electron chi connectivity index (χ4n) is 1.74. The Hall–Kier alpha value is -2.02. The lowest BCUT2D eigenvalue weighted by Gasteiger charge is -2.16. The fraction of sp³-hybridized carbons (Fsp3) is 0.462. The van der Waals surface area contributed by atoms with Gasteiger partial charge < -0.3 is 10.6 Å². The van der Waals surface area contributed by atoms with Crippen molar-refractivity contribution in [3.05, 3.63) is 17.2 Å². The molecular formula is C13H17ClN6O. The van der Waals surface area contributed by atoms with E-state index in [1.807, 2.05) is 20.8 Å². The van der Waals surface area contributed by atoms with Crippen LogP contribution in [0.25, 0.3) is 11.0 Å². The van der Waals surface area contributed by atoms with Gasteiger partial charge in [-0.15, -0.1) is 0 Å². The standard InChI is InChI=1S/C13H17ClN6O/c1-7(15)9(19-21)6-20-11-8(5-16-20)10(14)17-12(18-11)13(2,3)4/h5,15,21H,6H2,1-4H3/b15-7?,19-9-. The number of oxime groups is 1. The molecule has 21 heavy (non-hydrogen) atoms. The first-order valence-corrected chi connectivity index (χ1v) is 6.78. The van der Waals surface area contributed by atoms with Crippen molar-refractivity contribution in [2.75, 3.05) is 0 Å². The number of nitrogens with one attached hydrogen (secondary N) is 1. The van der Waals surface area contributed by atoms with Crippen LogP contribution in [-0.2, 0) is 12.0 Å². The monoisotopic (exact) mass is 308 g/mol. The van der Waals surface area contributed by atoms with Gasteiger partial charge in [-0.1, -0.05) is 37.5 Å². The van der Waals surface area contributed by atoms with Crippen LogP contribution in [0.4, 0.5) is 0 Å². The third-order valence-electron chi connectivity index (χ3n) is 2.97. The van der Waals surface area contributed by atoms with Gasteiger partial charge in [0.1, 0.15) is 16.7 Å². The summed E-state index contributed by atoms with van der Waals surface area (Å²) in [6.45, 7) is 7.67. The van der Waals surface area contributed by atoms with Gasteiger partial charge in [0, 0.05) is 5.41 Å². The lowest BCUT2D eigenvalue weighted by atomic mass is 9.96. The first-order valence-electron chi connectivity index (χ1n) is 6.40. The summed E-state index contributed by atoms with van der Waals surface area (Å²) in [6, 6.07) is 0. The molecule has 0 aliphatic heterocycles. The first-order chi connectivity index (χ1) is 9.74. The zero-order valence-electron chi connectivity index (χ0n) is 12.3. The number of rotatable bonds is 3. The molecule has 112 valence electrons. The van der Waals surface area contributed by atoms with Crippen molar-refractivity contribution < 1.29 is 5.21 Å². The minimum Gasteiger partial charge on any atom is -0.411 e. The zero-order valence-corrected chi connectivity index (χ0v) is 13.1. The number of aromatic nitrogens is 4. The number of nitrogens with zero attached hydrogens (tertiary/aromatic N) is 5. The van der Waals surface area contributed by atoms with Gasteiger partial charge in [-0.05, 0) is 6.92 Å². The Morgan fingerprint density at radius 2 is 2.10 bits per heavy atom. The summed E-state index contributed by atoms with van der Waals surface area (Å²) in [5.41, 5.74) is 0.685. The number of fused-ring (bicyclic) bond motifs is 1. The molecule has 2 aromatic rings. The molecule has 0 aliphatic rings. The maximum atomic E-state index is 8.95. The summed E-state index contributed by atoms with van der Waals surface area (Å²) >= 11 is 6.19. The lowest BCUT2D eigenvalue weighted by molar-refractivity contribution is 0.318. The Kier molecular flexibility index (Phi) is 3.95. The molecule has 0 saturated carbocycles. The van der Waals surface area contributed by atoms with Gasteiger partial charge in [-0.25, -0.2) is 14.6 Å². The Morgan fingerprint density at radius 3 is 2.62 bits per heavy atom. The van der Waals surface area contributed by atoms with Crippen LogP contribution in [0.2, 0.25) is 5.15 Å². The molecule has 0 atom stereocenters. The van der Waals surface area contributed by atoms with Crippen LogP contribution >= 0.6 is 11.6 Å². The Morgan fingerprint density at radius 1 is 1.43 bits per heavy atom. The number of hydrogen-bond acceptors (Lipinski definition) is 6. The molecule has 8 heteroatoms. The van der Waals surface area contributed by atoms with E-state index in [0.29, 0.717) is 22.0 Å². The van der Waals surface area contributed by atoms with E-state index in [9.17, 15) is 0 Å². The van der Waals surface area contributed by atoms with Gasteiger partial charge in [-0.3, -0.25) is 0 Å². The van der Waals surface area contributed by atoms with Crippen molar-refractivity contribution in [2.24, 2.45) is 5.16 Å². The van der Waals surface area contributed by atoms with E-state index in [1.165, 1.54) is 0 Å². The van der Waals surface area contributed by atoms with Crippen molar-refractivity contribution in [2.45, 2.75) is 39.7 Å². The smallest absolute Gasteiger partial charge is 0.163 e. The fourth-order valence-corrected chi connectivity index (χ4v) is 1.95. The Bertz CT molecular complexity index is 728. The Labute approximate surface area is 127 Å². The SMILES string of the molecule is CC(=N)/C(Cn1ncc2c(Cl)nc(C(C)(C)C)nc21)=N\O. The third-order valence-corrected chi connectivity index (χ3v) is 3.26. The average molecular weight is 309 g/mol. The summed E-state index contributed by atoms with van der Waals surface area (Å²) in [5, 5.41) is 24.8. The topological polar surface area (TPSA) is 100 Å². The highest BCUT2D eigenvalue weighted by Crippen LogP contribution is 2.25. The van der Waals surface area contributed by atoms with Gasteiger partial charge in [0.15, 0.2) is 5.65 Å². The maximum absolute atomic E-state index is 8.95. The van der Waals surface area contributed by atoms with E-state index >= 15 is 0 Å². The van der Waals surface area contributed by atoms with Gasteiger partial charge in [0.2, 0.25) is 0 Å². The van der Waals surface area contributed by atoms with Crippen LogP contribution in [0.5, 0.6) is 0 Å². The normalized spacial score (nSPS) is 12.9. The van der Waals surface area contributed by atoms with Gasteiger partial charge in [-0.2, -0.15) is 5.10 Å². The maximum Gasteiger partial charge on any atom is 0.163 e. The summed E-state index contributed by atoms with van der Waals surface area (Å²) < 4.78 is 1.55. The van der Waals surface area contributed by atoms with Gasteiger partial charge in [0.25, 0.3) is 0 Å². The summed E-state index contributed by atoms with van der Waals surface area (Å²) in [6.07, 6.45) is 1.57. The van der Waals surface area contributed by atoms with E-state index < -0.39 is 0 Å². The second-order valence-corrected chi connectivity index (χ2v) is 6.16. The summed E-state index contributed by atoms with van der Waals surface area (Å²) in [5.74, 6) is 0.607. The molecule has 0 aromatic carbocycles. The molecule has 2 heterocycles. The molecule has 2 aromatic heterocycles. The predicted molar refractivity (Wildman–Crippen MR) is 81.7 cm³/mol. The molecule has 0 aliphatic carbocycles. The van der Waals surface area contributed by atoms with E-state index in [2.05, 4.69) is 20.2 Å². The molecule has 0 saturated heterocycles. The highest BCUT2D eigenvalue weighted by molar-refractivity contribution is 6.40. The highest BCUT2D eigenvalue weighted by Gasteiger charge is 2.21. The molecule has 2 rings (SSSR count). The van der Waals surface area contributed by atoms with E-state index in [-0.39, 0.29) is 23.4 Å². The van der Waals surface area contributed by atoms with E-state index in [0.717, 1.165) is 0 Å². The minimum absolute atomic E-state index is 0.145. The van der Waals surface area contributed by atoms with Gasteiger partial charge in [0.05, 0.1) is 23.8 Å². The minimum atomic E-state index is -0.252. The van der Waals surface area contributed by atoms with Crippen LogP contribution in [-0.4, -0.2) is 36.4 Å². The summed E-state index contributed by atoms with van der Waals surface area (Å²) in [7, 11) is 0. The van der Waals surface area contributed by atoms with Crippen molar-refractivity contribution in [3.63, 3.8) is 0 Å². The van der Waals surface area contributed by atoms with Crippen molar-refractivity contribution in [1.82, 2.24) is 19.7 Å². The molecule has 0 radical (unpaired) electrons. The molecule has 2 N–H and O–H groups in total. The summed E-state index contributed by atoms with van der Waals surface area (Å²) in [4.78, 5) is 8.81. The van der Waals surface area contributed by atoms with Crippen molar-refractivity contribution >= 4 is 34.1 Å². The molecular weight excluding hydrogens is 292 g/mol. The van der Waals surface area contributed by atoms with Crippen LogP contribution in [0.1, 0.15) is 33.5 Å². The van der Waals surface area contributed by atoms with Crippen LogP contribution < -0.4 is 0 Å². The lowest BCUT2D eigenvalue weighted by Crippen LogP contribution is -2.20. The van der Waals surface area contributed by atoms with Crippen LogP contribution in [0.15, 0.2) is 11.4 Å². The Balaban J connectivity index is 2.57. The first kappa shape index (κ1) is 15.4. The molecule has 0 fully saturated rings. The van der Waals surface area contributed by atoms with E-state index in [1.54, 1.807) is 17.8 Å². The molecule has 7 nitrogen and oxygen atoms in total. The number of halogens is 1. The number of hydrogen-bond donors (Lipinski definition) is 2. The highest BCUT2D eigenvalue weighted by atomic mass is 35.5. The predicted octanol–water partition coefficient (Wildman–Crippen LogP) is 2.65. The third kappa shape index (κ3) is 3.02. The van der Waals surface area contributed by atoms with Crippen molar-refractivity contribution in [1.29, 1.82) is 5.41 Å². The second-order valence-electron chi connectivity index (χ2n) is 5.80. The largest absolute Gasteiger partial charge is 0.411 e. The molecule has 0 bridgehead atoms. The molecule has 0 amide bonds. The zero-order chi connectivity index (χ0) is 15.8. The van der Waals surface area contributed by atoms with Crippen LogP contribution in [0.3, 0.4) is 0 Å². The quantitative estimate of drug-likeness (QED) is 0.394.